The van der Waals surface area contributed by atoms with Gasteiger partial charge >= 0.3 is 5.97 Å². The van der Waals surface area contributed by atoms with Crippen molar-refractivity contribution in [2.45, 2.75) is 59.8 Å². The number of ether oxygens (including phenoxy) is 1. The van der Waals surface area contributed by atoms with Gasteiger partial charge in [0.25, 0.3) is 0 Å². The van der Waals surface area contributed by atoms with Gasteiger partial charge in [0.2, 0.25) is 0 Å². The van der Waals surface area contributed by atoms with E-state index < -0.39 is 5.97 Å². The lowest BCUT2D eigenvalue weighted by Gasteiger charge is -2.36. The van der Waals surface area contributed by atoms with Crippen LogP contribution in [0.15, 0.2) is 12.1 Å². The van der Waals surface area contributed by atoms with Gasteiger partial charge in [-0.15, -0.1) is 11.3 Å². The van der Waals surface area contributed by atoms with Crippen LogP contribution in [0.2, 0.25) is 0 Å². The molecule has 1 saturated heterocycles. The number of hydrogen-bond acceptors (Lipinski definition) is 5. The summed E-state index contributed by atoms with van der Waals surface area (Å²) in [6, 6.07) is 4.28. The van der Waals surface area contributed by atoms with Crippen LogP contribution in [0.4, 0.5) is 0 Å². The third-order valence-corrected chi connectivity index (χ3v) is 9.60. The quantitative estimate of drug-likeness (QED) is 0.500. The van der Waals surface area contributed by atoms with Crippen LogP contribution in [0.25, 0.3) is 0 Å². The van der Waals surface area contributed by atoms with Crippen molar-refractivity contribution in [1.82, 2.24) is 4.90 Å². The standard InChI is InChI=1S/C28H35NO4S/c1-15-10-18(11-16(2)25(15)33-9-8-29-13-19(14-29)27(31)32)6-7-22(30)26-20-12-21-24(28(21,4)5)23(20)17(3)34-26/h10-11,19,21,24H,6-9,12-14H2,1-5H3,(H,31,32)/t21-,24-/m1/s1. The molecule has 2 aromatic rings. The number of thiophene rings is 1. The number of carboxylic acids is 1. The summed E-state index contributed by atoms with van der Waals surface area (Å²) >= 11 is 1.71. The molecule has 2 fully saturated rings. The summed E-state index contributed by atoms with van der Waals surface area (Å²) in [5.74, 6) is 1.64. The minimum atomic E-state index is -0.711. The third-order valence-electron chi connectivity index (χ3n) is 8.39. The maximum Gasteiger partial charge on any atom is 0.309 e. The maximum absolute atomic E-state index is 13.2. The fourth-order valence-electron chi connectivity index (χ4n) is 6.33. The number of carbonyl (C=O) groups excluding carboxylic acids is 1. The summed E-state index contributed by atoms with van der Waals surface area (Å²) in [4.78, 5) is 28.6. The SMILES string of the molecule is Cc1cc(CCC(=O)c2sc(C)c3c2C[C@@H]2[C@H]3C2(C)C)cc(C)c1OCCN1CC(C(=O)O)C1. The zero-order valence-corrected chi connectivity index (χ0v) is 21.7. The molecule has 0 spiro atoms. The highest BCUT2D eigenvalue weighted by molar-refractivity contribution is 7.14. The van der Waals surface area contributed by atoms with Crippen molar-refractivity contribution in [2.75, 3.05) is 26.2 Å². The van der Waals surface area contributed by atoms with Gasteiger partial charge in [-0.05, 0) is 78.7 Å². The lowest BCUT2D eigenvalue weighted by atomic mass is 9.93. The summed E-state index contributed by atoms with van der Waals surface area (Å²) in [7, 11) is 0. The van der Waals surface area contributed by atoms with Crippen LogP contribution < -0.4 is 4.74 Å². The Hall–Kier alpha value is -2.18. The normalized spacial score (nSPS) is 22.7. The second-order valence-corrected chi connectivity index (χ2v) is 12.3. The lowest BCUT2D eigenvalue weighted by Crippen LogP contribution is -2.51. The number of rotatable bonds is 9. The highest BCUT2D eigenvalue weighted by Crippen LogP contribution is 2.71. The molecule has 5 rings (SSSR count). The number of likely N-dealkylation sites (tertiary alicyclic amines) is 1. The van der Waals surface area contributed by atoms with Crippen molar-refractivity contribution in [3.8, 4) is 5.75 Å². The molecule has 1 N–H and O–H groups in total. The first kappa shape index (κ1) is 23.6. The number of ketones is 1. The minimum absolute atomic E-state index is 0.234. The van der Waals surface area contributed by atoms with Crippen LogP contribution in [0.5, 0.6) is 5.75 Å². The van der Waals surface area contributed by atoms with Crippen molar-refractivity contribution >= 4 is 23.1 Å². The van der Waals surface area contributed by atoms with Crippen LogP contribution in [-0.4, -0.2) is 48.0 Å². The summed E-state index contributed by atoms with van der Waals surface area (Å²) in [6.45, 7) is 13.5. The average Bonchev–Trinajstić information content (AvgIpc) is 3.05. The van der Waals surface area contributed by atoms with E-state index >= 15 is 0 Å². The Balaban J connectivity index is 1.16. The first-order chi connectivity index (χ1) is 16.1. The van der Waals surface area contributed by atoms with Crippen molar-refractivity contribution in [1.29, 1.82) is 0 Å². The predicted octanol–water partition coefficient (Wildman–Crippen LogP) is 5.18. The number of aryl methyl sites for hydroxylation is 4. The Kier molecular flexibility index (Phi) is 5.88. The van der Waals surface area contributed by atoms with Gasteiger partial charge in [-0.3, -0.25) is 14.5 Å². The number of aliphatic carboxylic acids is 1. The van der Waals surface area contributed by atoms with E-state index in [9.17, 15) is 9.59 Å². The molecule has 2 atom stereocenters. The molecular formula is C28H35NO4S. The van der Waals surface area contributed by atoms with E-state index in [4.69, 9.17) is 9.84 Å². The van der Waals surface area contributed by atoms with Gasteiger partial charge in [0.1, 0.15) is 12.4 Å². The van der Waals surface area contributed by atoms with E-state index in [0.717, 1.165) is 47.1 Å². The zero-order valence-electron chi connectivity index (χ0n) is 20.9. The van der Waals surface area contributed by atoms with Gasteiger partial charge in [0, 0.05) is 30.9 Å². The Bertz CT molecular complexity index is 1130. The Morgan fingerprint density at radius 1 is 1.18 bits per heavy atom. The van der Waals surface area contributed by atoms with E-state index in [-0.39, 0.29) is 5.92 Å². The largest absolute Gasteiger partial charge is 0.492 e. The summed E-state index contributed by atoms with van der Waals surface area (Å²) in [5.41, 5.74) is 6.61. The molecule has 5 nitrogen and oxygen atoms in total. The van der Waals surface area contributed by atoms with Crippen molar-refractivity contribution in [3.05, 3.63) is 49.7 Å². The lowest BCUT2D eigenvalue weighted by molar-refractivity contribution is -0.147. The van der Waals surface area contributed by atoms with Gasteiger partial charge in [0.05, 0.1) is 10.8 Å². The number of carboxylic acid groups (broad SMARTS) is 1. The smallest absolute Gasteiger partial charge is 0.309 e. The van der Waals surface area contributed by atoms with Gasteiger partial charge in [0.15, 0.2) is 5.78 Å². The Morgan fingerprint density at radius 2 is 1.85 bits per heavy atom. The van der Waals surface area contributed by atoms with Crippen LogP contribution >= 0.6 is 11.3 Å². The van der Waals surface area contributed by atoms with E-state index in [2.05, 4.69) is 51.7 Å². The highest BCUT2D eigenvalue weighted by atomic mass is 32.1. The molecule has 2 heterocycles. The average molecular weight is 482 g/mol. The number of Topliss-reactive ketones (excluding diaryl/α,β-unsaturated/α-hetero) is 1. The molecule has 6 heteroatoms. The second-order valence-electron chi connectivity index (χ2n) is 11.1. The molecule has 0 radical (unpaired) electrons. The number of hydrogen-bond donors (Lipinski definition) is 1. The zero-order chi connectivity index (χ0) is 24.4. The van der Waals surface area contributed by atoms with E-state index in [1.54, 1.807) is 11.3 Å². The van der Waals surface area contributed by atoms with Gasteiger partial charge in [-0.1, -0.05) is 26.0 Å². The molecule has 182 valence electrons. The summed E-state index contributed by atoms with van der Waals surface area (Å²) in [5, 5.41) is 8.99. The van der Waals surface area contributed by atoms with Gasteiger partial charge in [-0.2, -0.15) is 0 Å². The van der Waals surface area contributed by atoms with Crippen LogP contribution in [-0.2, 0) is 17.6 Å². The van der Waals surface area contributed by atoms with E-state index in [0.29, 0.717) is 43.2 Å². The molecule has 1 saturated carbocycles. The second kappa shape index (κ2) is 8.49. The molecule has 2 aliphatic carbocycles. The first-order valence-electron chi connectivity index (χ1n) is 12.4. The monoisotopic (exact) mass is 481 g/mol. The van der Waals surface area contributed by atoms with Crippen molar-refractivity contribution in [2.24, 2.45) is 17.3 Å². The molecule has 0 unspecified atom stereocenters. The van der Waals surface area contributed by atoms with Gasteiger partial charge < -0.3 is 9.84 Å². The van der Waals surface area contributed by atoms with Crippen LogP contribution in [0, 0.1) is 38.0 Å². The Morgan fingerprint density at radius 3 is 2.50 bits per heavy atom. The van der Waals surface area contributed by atoms with Crippen LogP contribution in [0.1, 0.15) is 68.6 Å². The molecule has 1 aliphatic heterocycles. The van der Waals surface area contributed by atoms with Crippen molar-refractivity contribution < 1.29 is 19.4 Å². The molecular weight excluding hydrogens is 446 g/mol. The molecule has 34 heavy (non-hydrogen) atoms. The number of fused-ring (bicyclic) bond motifs is 3. The first-order valence-corrected chi connectivity index (χ1v) is 13.2. The predicted molar refractivity (Wildman–Crippen MR) is 134 cm³/mol. The molecule has 0 amide bonds. The Labute approximate surface area is 206 Å². The highest BCUT2D eigenvalue weighted by Gasteiger charge is 2.63. The fourth-order valence-corrected chi connectivity index (χ4v) is 7.52. The number of benzene rings is 1. The third kappa shape index (κ3) is 3.99. The van der Waals surface area contributed by atoms with E-state index in [1.807, 2.05) is 0 Å². The minimum Gasteiger partial charge on any atom is -0.492 e. The number of carbonyl (C=O) groups is 2. The molecule has 3 aliphatic rings. The number of nitrogens with zero attached hydrogens (tertiary/aromatic N) is 1. The molecule has 1 aromatic carbocycles. The molecule has 0 bridgehead atoms. The van der Waals surface area contributed by atoms with Crippen molar-refractivity contribution in [3.63, 3.8) is 0 Å². The van der Waals surface area contributed by atoms with Gasteiger partial charge in [-0.25, -0.2) is 0 Å². The molecule has 1 aromatic heterocycles. The van der Waals surface area contributed by atoms with E-state index in [1.165, 1.54) is 21.6 Å². The van der Waals surface area contributed by atoms with Crippen LogP contribution in [0.3, 0.4) is 0 Å². The fraction of sp³-hybridized carbons (Fsp3) is 0.571. The topological polar surface area (TPSA) is 66.8 Å². The summed E-state index contributed by atoms with van der Waals surface area (Å²) in [6.07, 6.45) is 2.37. The maximum atomic E-state index is 13.2. The summed E-state index contributed by atoms with van der Waals surface area (Å²) < 4.78 is 6.05.